The van der Waals surface area contributed by atoms with Gasteiger partial charge in [-0.25, -0.2) is 0 Å². The molecule has 2 heterocycles. The maximum Gasteiger partial charge on any atom is 0.223 e. The van der Waals surface area contributed by atoms with Crippen LogP contribution in [0.3, 0.4) is 0 Å². The number of aryl methyl sites for hydroxylation is 1. The molecule has 0 saturated carbocycles. The van der Waals surface area contributed by atoms with Crippen LogP contribution in [-0.2, 0) is 24.3 Å². The fourth-order valence-electron chi connectivity index (χ4n) is 2.19. The van der Waals surface area contributed by atoms with Gasteiger partial charge in [-0.05, 0) is 13.0 Å². The van der Waals surface area contributed by atoms with Crippen molar-refractivity contribution in [1.82, 2.24) is 25.0 Å². The summed E-state index contributed by atoms with van der Waals surface area (Å²) < 4.78 is 2.13. The Labute approximate surface area is 107 Å². The summed E-state index contributed by atoms with van der Waals surface area (Å²) in [4.78, 5) is 13.6. The van der Waals surface area contributed by atoms with Crippen molar-refractivity contribution in [3.63, 3.8) is 0 Å². The van der Waals surface area contributed by atoms with Crippen LogP contribution in [0, 0.1) is 0 Å². The minimum absolute atomic E-state index is 0.145. The zero-order chi connectivity index (χ0) is 13.0. The zero-order valence-corrected chi connectivity index (χ0v) is 11.1. The lowest BCUT2D eigenvalue weighted by Crippen LogP contribution is -2.30. The van der Waals surface area contributed by atoms with Gasteiger partial charge in [-0.1, -0.05) is 6.92 Å². The van der Waals surface area contributed by atoms with E-state index in [0.717, 1.165) is 44.1 Å². The van der Waals surface area contributed by atoms with Crippen LogP contribution in [0.15, 0.2) is 0 Å². The molecule has 1 aliphatic rings. The Hall–Kier alpha value is -1.43. The average molecular weight is 251 g/mol. The number of carbonyl (C=O) groups excluding carboxylic acids is 1. The second kappa shape index (κ2) is 5.95. The van der Waals surface area contributed by atoms with Crippen LogP contribution < -0.4 is 5.32 Å². The summed E-state index contributed by atoms with van der Waals surface area (Å²) in [7, 11) is 1.82. The number of hydrogen-bond acceptors (Lipinski definition) is 4. The van der Waals surface area contributed by atoms with Crippen molar-refractivity contribution in [3.8, 4) is 0 Å². The van der Waals surface area contributed by atoms with Crippen LogP contribution in [0.5, 0.6) is 0 Å². The minimum Gasteiger partial charge on any atom is -0.338 e. The smallest absolute Gasteiger partial charge is 0.223 e. The van der Waals surface area contributed by atoms with Gasteiger partial charge in [0, 0.05) is 33.0 Å². The van der Waals surface area contributed by atoms with Gasteiger partial charge in [0.1, 0.15) is 5.82 Å². The van der Waals surface area contributed by atoms with Gasteiger partial charge in [0.15, 0.2) is 5.82 Å². The van der Waals surface area contributed by atoms with Crippen LogP contribution >= 0.6 is 0 Å². The summed E-state index contributed by atoms with van der Waals surface area (Å²) in [6.45, 7) is 5.20. The predicted octanol–water partition coefficient (Wildman–Crippen LogP) is 0.182. The highest BCUT2D eigenvalue weighted by Gasteiger charge is 2.19. The number of hydrogen-bond donors (Lipinski definition) is 1. The van der Waals surface area contributed by atoms with Gasteiger partial charge in [0.05, 0.1) is 6.54 Å². The Kier molecular flexibility index (Phi) is 4.30. The van der Waals surface area contributed by atoms with E-state index in [-0.39, 0.29) is 5.91 Å². The highest BCUT2D eigenvalue weighted by Crippen LogP contribution is 2.15. The van der Waals surface area contributed by atoms with Crippen LogP contribution in [0.1, 0.15) is 31.4 Å². The normalized spacial score (nSPS) is 13.7. The minimum atomic E-state index is 0.145. The van der Waals surface area contributed by atoms with Gasteiger partial charge in [-0.3, -0.25) is 4.79 Å². The Morgan fingerprint density at radius 1 is 1.50 bits per heavy atom. The van der Waals surface area contributed by atoms with Crippen molar-refractivity contribution in [1.29, 1.82) is 0 Å². The number of nitrogens with one attached hydrogen (secondary N) is 1. The lowest BCUT2D eigenvalue weighted by atomic mass is 10.3. The second-order valence-corrected chi connectivity index (χ2v) is 4.64. The monoisotopic (exact) mass is 251 g/mol. The van der Waals surface area contributed by atoms with Crippen molar-refractivity contribution in [2.75, 3.05) is 20.1 Å². The standard InChI is InChI=1S/C12H21N5O/c1-3-13-7-6-12(18)16(2)9-11-15-14-10-5-4-8-17(10)11/h13H,3-9H2,1-2H3. The third-order valence-corrected chi connectivity index (χ3v) is 3.26. The van der Waals surface area contributed by atoms with Gasteiger partial charge < -0.3 is 14.8 Å². The van der Waals surface area contributed by atoms with Crippen LogP contribution in [0.25, 0.3) is 0 Å². The molecule has 0 unspecified atom stereocenters. The molecule has 6 nitrogen and oxygen atoms in total. The number of amides is 1. The molecule has 18 heavy (non-hydrogen) atoms. The van der Waals surface area contributed by atoms with Crippen molar-refractivity contribution in [2.24, 2.45) is 0 Å². The van der Waals surface area contributed by atoms with E-state index in [0.29, 0.717) is 13.0 Å². The first kappa shape index (κ1) is 13.0. The van der Waals surface area contributed by atoms with E-state index in [2.05, 4.69) is 20.1 Å². The van der Waals surface area contributed by atoms with Gasteiger partial charge in [0.25, 0.3) is 0 Å². The molecule has 6 heteroatoms. The Morgan fingerprint density at radius 2 is 2.33 bits per heavy atom. The summed E-state index contributed by atoms with van der Waals surface area (Å²) >= 11 is 0. The number of aromatic nitrogens is 3. The highest BCUT2D eigenvalue weighted by atomic mass is 16.2. The maximum absolute atomic E-state index is 11.9. The average Bonchev–Trinajstić information content (AvgIpc) is 2.94. The van der Waals surface area contributed by atoms with E-state index in [9.17, 15) is 4.79 Å². The molecule has 0 aliphatic carbocycles. The largest absolute Gasteiger partial charge is 0.338 e. The Bertz CT molecular complexity index is 415. The molecule has 0 atom stereocenters. The highest BCUT2D eigenvalue weighted by molar-refractivity contribution is 5.75. The molecule has 0 fully saturated rings. The molecule has 1 N–H and O–H groups in total. The van der Waals surface area contributed by atoms with Crippen molar-refractivity contribution in [2.45, 2.75) is 39.3 Å². The van der Waals surface area contributed by atoms with Gasteiger partial charge in [0.2, 0.25) is 5.91 Å². The lowest BCUT2D eigenvalue weighted by Gasteiger charge is -2.16. The van der Waals surface area contributed by atoms with Gasteiger partial charge in [-0.2, -0.15) is 0 Å². The molecule has 1 aliphatic heterocycles. The third kappa shape index (κ3) is 2.87. The van der Waals surface area contributed by atoms with Crippen LogP contribution in [-0.4, -0.2) is 45.7 Å². The van der Waals surface area contributed by atoms with E-state index >= 15 is 0 Å². The molecule has 1 aromatic heterocycles. The molecule has 0 radical (unpaired) electrons. The van der Waals surface area contributed by atoms with Crippen LogP contribution in [0.2, 0.25) is 0 Å². The zero-order valence-electron chi connectivity index (χ0n) is 11.1. The second-order valence-electron chi connectivity index (χ2n) is 4.64. The summed E-state index contributed by atoms with van der Waals surface area (Å²) in [5, 5.41) is 11.5. The third-order valence-electron chi connectivity index (χ3n) is 3.26. The first-order valence-electron chi connectivity index (χ1n) is 6.58. The molecule has 0 spiro atoms. The number of rotatable bonds is 6. The molecule has 100 valence electrons. The first-order valence-corrected chi connectivity index (χ1v) is 6.58. The Morgan fingerprint density at radius 3 is 3.11 bits per heavy atom. The van der Waals surface area contributed by atoms with E-state index in [1.54, 1.807) is 4.90 Å². The summed E-state index contributed by atoms with van der Waals surface area (Å²) in [5.41, 5.74) is 0. The molecule has 0 bridgehead atoms. The van der Waals surface area contributed by atoms with Crippen LogP contribution in [0.4, 0.5) is 0 Å². The Balaban J connectivity index is 1.86. The summed E-state index contributed by atoms with van der Waals surface area (Å²) in [5.74, 6) is 2.10. The van der Waals surface area contributed by atoms with E-state index in [1.807, 2.05) is 14.0 Å². The first-order chi connectivity index (χ1) is 8.72. The maximum atomic E-state index is 11.9. The number of carbonyl (C=O) groups is 1. The molecule has 1 aromatic rings. The number of nitrogens with zero attached hydrogens (tertiary/aromatic N) is 4. The molecular formula is C12H21N5O. The summed E-state index contributed by atoms with van der Waals surface area (Å²) in [6.07, 6.45) is 2.67. The fraction of sp³-hybridized carbons (Fsp3) is 0.750. The molecule has 0 saturated heterocycles. The van der Waals surface area contributed by atoms with Crippen molar-refractivity contribution < 1.29 is 4.79 Å². The molecule has 0 aromatic carbocycles. The summed E-state index contributed by atoms with van der Waals surface area (Å²) in [6, 6.07) is 0. The topological polar surface area (TPSA) is 63.1 Å². The SMILES string of the molecule is CCNCCC(=O)N(C)Cc1nnc2n1CCC2. The van der Waals surface area contributed by atoms with Crippen molar-refractivity contribution in [3.05, 3.63) is 11.6 Å². The van der Waals surface area contributed by atoms with E-state index in [1.165, 1.54) is 0 Å². The van der Waals surface area contributed by atoms with Gasteiger partial charge in [-0.15, -0.1) is 10.2 Å². The molecule has 1 amide bonds. The number of fused-ring (bicyclic) bond motifs is 1. The van der Waals surface area contributed by atoms with Crippen molar-refractivity contribution >= 4 is 5.91 Å². The fourth-order valence-corrected chi connectivity index (χ4v) is 2.19. The lowest BCUT2D eigenvalue weighted by molar-refractivity contribution is -0.130. The predicted molar refractivity (Wildman–Crippen MR) is 68.0 cm³/mol. The quantitative estimate of drug-likeness (QED) is 0.733. The van der Waals surface area contributed by atoms with E-state index in [4.69, 9.17) is 0 Å². The molecule has 2 rings (SSSR count). The molecular weight excluding hydrogens is 230 g/mol. The van der Waals surface area contributed by atoms with Gasteiger partial charge >= 0.3 is 0 Å². The van der Waals surface area contributed by atoms with E-state index < -0.39 is 0 Å².